The molecule has 6 nitrogen and oxygen atoms in total. The van der Waals surface area contributed by atoms with Crippen molar-refractivity contribution in [3.8, 4) is 0 Å². The van der Waals surface area contributed by atoms with Gasteiger partial charge in [-0.15, -0.1) is 0 Å². The first-order valence-electron chi connectivity index (χ1n) is 8.86. The fourth-order valence-electron chi connectivity index (χ4n) is 4.07. The largest absolute Gasteiger partial charge is 0.372 e. The van der Waals surface area contributed by atoms with E-state index < -0.39 is 0 Å². The maximum atomic E-state index is 6.25. The summed E-state index contributed by atoms with van der Waals surface area (Å²) in [7, 11) is 1.97. The van der Waals surface area contributed by atoms with Crippen LogP contribution >= 0.6 is 0 Å². The van der Waals surface area contributed by atoms with Crippen LogP contribution in [-0.4, -0.2) is 46.9 Å². The average Bonchev–Trinajstić information content (AvgIpc) is 2.96. The summed E-state index contributed by atoms with van der Waals surface area (Å²) >= 11 is 0. The minimum atomic E-state index is 0.0943. The Balaban J connectivity index is 1.36. The smallest absolute Gasteiger partial charge is 0.191 e. The van der Waals surface area contributed by atoms with E-state index in [1.807, 2.05) is 24.0 Å². The van der Waals surface area contributed by atoms with Crippen LogP contribution in [0.3, 0.4) is 0 Å². The summed E-state index contributed by atoms with van der Waals surface area (Å²) in [6.45, 7) is 3.71. The molecule has 0 spiro atoms. The van der Waals surface area contributed by atoms with Crippen molar-refractivity contribution in [2.75, 3.05) is 26.2 Å². The maximum Gasteiger partial charge on any atom is 0.191 e. The number of hydrogen-bond acceptors (Lipinski definition) is 3. The number of aliphatic imine (C=N–C) groups is 1. The third kappa shape index (κ3) is 3.09. The normalized spacial score (nSPS) is 32.0. The molecule has 0 amide bonds. The van der Waals surface area contributed by atoms with Crippen LogP contribution in [0.4, 0.5) is 0 Å². The van der Waals surface area contributed by atoms with Crippen molar-refractivity contribution in [2.24, 2.45) is 35.5 Å². The van der Waals surface area contributed by atoms with E-state index in [1.165, 1.54) is 19.3 Å². The highest BCUT2D eigenvalue weighted by Gasteiger charge is 2.36. The van der Waals surface area contributed by atoms with E-state index in [4.69, 9.17) is 15.5 Å². The molecule has 3 atom stereocenters. The predicted molar refractivity (Wildman–Crippen MR) is 88.9 cm³/mol. The van der Waals surface area contributed by atoms with Gasteiger partial charge in [-0.2, -0.15) is 5.10 Å². The highest BCUT2D eigenvalue weighted by Crippen LogP contribution is 2.41. The molecule has 3 aliphatic rings. The fraction of sp³-hybridized carbons (Fsp3) is 0.765. The highest BCUT2D eigenvalue weighted by atomic mass is 16.5. The summed E-state index contributed by atoms with van der Waals surface area (Å²) in [6, 6.07) is 2.04. The zero-order chi connectivity index (χ0) is 15.8. The Labute approximate surface area is 137 Å². The molecular weight excluding hydrogens is 290 g/mol. The Hall–Kier alpha value is -1.56. The average molecular weight is 317 g/mol. The van der Waals surface area contributed by atoms with Gasteiger partial charge >= 0.3 is 0 Å². The first-order valence-corrected chi connectivity index (χ1v) is 8.86. The lowest BCUT2D eigenvalue weighted by atomic mass is 9.99. The molecule has 1 saturated carbocycles. The van der Waals surface area contributed by atoms with Crippen LogP contribution in [0.25, 0.3) is 0 Å². The van der Waals surface area contributed by atoms with Crippen molar-refractivity contribution in [3.63, 3.8) is 0 Å². The number of ether oxygens (including phenoxy) is 1. The summed E-state index contributed by atoms with van der Waals surface area (Å²) in [5, 5.41) is 4.25. The number of nitrogens with zero attached hydrogens (tertiary/aromatic N) is 4. The zero-order valence-corrected chi connectivity index (χ0v) is 13.9. The number of nitrogens with two attached hydrogens (primary N) is 1. The lowest BCUT2D eigenvalue weighted by Gasteiger charge is -2.20. The molecule has 2 aliphatic heterocycles. The van der Waals surface area contributed by atoms with E-state index in [2.05, 4.69) is 10.00 Å². The van der Waals surface area contributed by atoms with Gasteiger partial charge in [0.25, 0.3) is 0 Å². The summed E-state index contributed by atoms with van der Waals surface area (Å²) < 4.78 is 7.82. The van der Waals surface area contributed by atoms with E-state index in [9.17, 15) is 0 Å². The minimum Gasteiger partial charge on any atom is -0.372 e. The molecule has 2 N–H and O–H groups in total. The van der Waals surface area contributed by atoms with Gasteiger partial charge in [0.2, 0.25) is 0 Å². The molecule has 23 heavy (non-hydrogen) atoms. The van der Waals surface area contributed by atoms with Crippen molar-refractivity contribution in [2.45, 2.75) is 31.8 Å². The third-order valence-corrected chi connectivity index (χ3v) is 5.69. The first-order chi connectivity index (χ1) is 11.2. The predicted octanol–water partition coefficient (Wildman–Crippen LogP) is 1.54. The van der Waals surface area contributed by atoms with Gasteiger partial charge in [-0.3, -0.25) is 9.67 Å². The van der Waals surface area contributed by atoms with Gasteiger partial charge in [-0.1, -0.05) is 0 Å². The second-order valence-electron chi connectivity index (χ2n) is 7.25. The molecule has 3 heterocycles. The lowest BCUT2D eigenvalue weighted by molar-refractivity contribution is 0.0858. The first kappa shape index (κ1) is 15.0. The summed E-state index contributed by atoms with van der Waals surface area (Å²) in [4.78, 5) is 6.98. The van der Waals surface area contributed by atoms with Crippen molar-refractivity contribution >= 4 is 5.96 Å². The van der Waals surface area contributed by atoms with Gasteiger partial charge in [0, 0.05) is 45.4 Å². The molecule has 126 valence electrons. The quantitative estimate of drug-likeness (QED) is 0.676. The maximum absolute atomic E-state index is 6.25. The van der Waals surface area contributed by atoms with Crippen LogP contribution in [0.5, 0.6) is 0 Å². The topological polar surface area (TPSA) is 68.7 Å². The summed E-state index contributed by atoms with van der Waals surface area (Å²) in [5.41, 5.74) is 7.39. The van der Waals surface area contributed by atoms with Crippen LogP contribution < -0.4 is 5.73 Å². The Morgan fingerprint density at radius 3 is 2.96 bits per heavy atom. The molecule has 4 rings (SSSR count). The van der Waals surface area contributed by atoms with Crippen molar-refractivity contribution in [1.29, 1.82) is 0 Å². The summed E-state index contributed by atoms with van der Waals surface area (Å²) in [6.07, 6.45) is 7.08. The fourth-order valence-corrected chi connectivity index (χ4v) is 4.07. The van der Waals surface area contributed by atoms with E-state index in [0.29, 0.717) is 5.92 Å². The molecule has 1 aromatic rings. The number of guanidine groups is 1. The highest BCUT2D eigenvalue weighted by molar-refractivity contribution is 5.78. The second-order valence-corrected chi connectivity index (χ2v) is 7.25. The zero-order valence-electron chi connectivity index (χ0n) is 13.9. The Morgan fingerprint density at radius 2 is 2.22 bits per heavy atom. The molecule has 1 aromatic heterocycles. The van der Waals surface area contributed by atoms with E-state index in [0.717, 1.165) is 56.2 Å². The number of rotatable bonds is 4. The molecule has 0 aromatic carbocycles. The molecule has 1 aliphatic carbocycles. The Bertz CT molecular complexity index is 579. The van der Waals surface area contributed by atoms with Gasteiger partial charge in [0.1, 0.15) is 6.10 Å². The summed E-state index contributed by atoms with van der Waals surface area (Å²) in [5.74, 6) is 2.93. The van der Waals surface area contributed by atoms with E-state index >= 15 is 0 Å². The molecule has 6 heteroatoms. The number of aryl methyl sites for hydroxylation is 1. The molecular formula is C17H27N5O. The van der Waals surface area contributed by atoms with Crippen LogP contribution in [0.15, 0.2) is 17.3 Å². The number of likely N-dealkylation sites (tertiary alicyclic amines) is 1. The molecule has 0 radical (unpaired) electrons. The molecule has 0 bridgehead atoms. The van der Waals surface area contributed by atoms with Crippen LogP contribution in [0, 0.1) is 17.8 Å². The molecule has 1 unspecified atom stereocenters. The van der Waals surface area contributed by atoms with Gasteiger partial charge in [0.15, 0.2) is 5.96 Å². The molecule has 3 fully saturated rings. The monoisotopic (exact) mass is 317 g/mol. The Morgan fingerprint density at radius 1 is 1.35 bits per heavy atom. The van der Waals surface area contributed by atoms with Gasteiger partial charge in [-0.05, 0) is 43.6 Å². The van der Waals surface area contributed by atoms with E-state index in [1.54, 1.807) is 0 Å². The number of hydrogen-bond donors (Lipinski definition) is 1. The van der Waals surface area contributed by atoms with Crippen LogP contribution in [0.2, 0.25) is 0 Å². The second kappa shape index (κ2) is 6.15. The third-order valence-electron chi connectivity index (χ3n) is 5.69. The van der Waals surface area contributed by atoms with Crippen LogP contribution in [0.1, 0.15) is 37.5 Å². The minimum absolute atomic E-state index is 0.0943. The van der Waals surface area contributed by atoms with Gasteiger partial charge in [-0.25, -0.2) is 0 Å². The van der Waals surface area contributed by atoms with Crippen molar-refractivity contribution in [1.82, 2.24) is 14.7 Å². The van der Waals surface area contributed by atoms with Crippen LogP contribution in [-0.2, 0) is 11.8 Å². The van der Waals surface area contributed by atoms with E-state index in [-0.39, 0.29) is 6.10 Å². The van der Waals surface area contributed by atoms with Crippen molar-refractivity contribution in [3.05, 3.63) is 18.0 Å². The Kier molecular flexibility index (Phi) is 4.01. The standard InChI is InChI=1S/C17H27N5O/c1-21-15(4-7-20-21)16-13(6-9-23-16)10-19-17(18)22-8-5-14(11-22)12-2-3-12/h4,7,12-14,16H,2-3,5-6,8-11H2,1H3,(H2,18,19)/t13-,14?,16+/m0/s1. The lowest BCUT2D eigenvalue weighted by Crippen LogP contribution is -2.36. The molecule has 2 saturated heterocycles. The van der Waals surface area contributed by atoms with Gasteiger partial charge in [0.05, 0.1) is 5.69 Å². The van der Waals surface area contributed by atoms with Crippen molar-refractivity contribution < 1.29 is 4.74 Å². The SMILES string of the molecule is Cn1nccc1[C@@H]1OCC[C@H]1CN=C(N)N1CCC(C2CC2)C1. The number of aromatic nitrogens is 2. The van der Waals surface area contributed by atoms with Gasteiger partial charge < -0.3 is 15.4 Å².